The minimum Gasteiger partial charge on any atom is -0.496 e. The van der Waals surface area contributed by atoms with Crippen molar-refractivity contribution >= 4 is 0 Å². The first-order chi connectivity index (χ1) is 8.78. The minimum atomic E-state index is 0.594. The Balaban J connectivity index is 2.26. The van der Waals surface area contributed by atoms with Gasteiger partial charge in [-0.15, -0.1) is 0 Å². The van der Waals surface area contributed by atoms with E-state index in [1.807, 2.05) is 6.07 Å². The quantitative estimate of drug-likeness (QED) is 0.870. The van der Waals surface area contributed by atoms with Gasteiger partial charge in [-0.3, -0.25) is 0 Å². The molecule has 0 amide bonds. The van der Waals surface area contributed by atoms with Gasteiger partial charge in [0.15, 0.2) is 0 Å². The Morgan fingerprint density at radius 1 is 1.17 bits per heavy atom. The molecule has 1 atom stereocenters. The molecular formula is C15H23NO2. The van der Waals surface area contributed by atoms with Gasteiger partial charge in [0.25, 0.3) is 0 Å². The summed E-state index contributed by atoms with van der Waals surface area (Å²) in [6.07, 6.45) is 4.57. The smallest absolute Gasteiger partial charge is 0.125 e. The number of rotatable bonds is 5. The van der Waals surface area contributed by atoms with Gasteiger partial charge >= 0.3 is 0 Å². The van der Waals surface area contributed by atoms with Crippen LogP contribution in [0.3, 0.4) is 0 Å². The number of hydrogen-bond acceptors (Lipinski definition) is 3. The first kappa shape index (κ1) is 13.2. The number of aryl methyl sites for hydroxylation is 1. The van der Waals surface area contributed by atoms with Gasteiger partial charge in [-0.25, -0.2) is 0 Å². The van der Waals surface area contributed by atoms with E-state index in [-0.39, 0.29) is 0 Å². The van der Waals surface area contributed by atoms with E-state index in [1.54, 1.807) is 14.2 Å². The average molecular weight is 249 g/mol. The maximum atomic E-state index is 5.49. The van der Waals surface area contributed by atoms with Crippen molar-refractivity contribution in [2.24, 2.45) is 0 Å². The van der Waals surface area contributed by atoms with Gasteiger partial charge in [-0.1, -0.05) is 6.92 Å². The lowest BCUT2D eigenvalue weighted by molar-refractivity contribution is 0.386. The number of ether oxygens (including phenoxy) is 2. The standard InChI is InChI=1S/C15H23NO2/c1-4-11-8-12(9-13-6-5-7-16-13)15(18-3)10-14(11)17-2/h8,10,13,16H,4-7,9H2,1-3H3. The monoisotopic (exact) mass is 249 g/mol. The summed E-state index contributed by atoms with van der Waals surface area (Å²) < 4.78 is 10.9. The Labute approximate surface area is 109 Å². The molecule has 100 valence electrons. The van der Waals surface area contributed by atoms with Crippen LogP contribution in [-0.4, -0.2) is 26.8 Å². The Morgan fingerprint density at radius 2 is 1.89 bits per heavy atom. The highest BCUT2D eigenvalue weighted by Gasteiger charge is 2.18. The number of nitrogens with one attached hydrogen (secondary N) is 1. The molecule has 1 unspecified atom stereocenters. The molecule has 2 rings (SSSR count). The van der Waals surface area contributed by atoms with E-state index in [0.29, 0.717) is 6.04 Å². The molecule has 0 aliphatic carbocycles. The summed E-state index contributed by atoms with van der Waals surface area (Å²) in [5.74, 6) is 1.87. The molecule has 1 N–H and O–H groups in total. The lowest BCUT2D eigenvalue weighted by Crippen LogP contribution is -2.23. The van der Waals surface area contributed by atoms with Gasteiger partial charge in [-0.05, 0) is 49.4 Å². The summed E-state index contributed by atoms with van der Waals surface area (Å²) in [6, 6.07) is 4.85. The molecule has 0 radical (unpaired) electrons. The van der Waals surface area contributed by atoms with Crippen LogP contribution in [0.4, 0.5) is 0 Å². The zero-order valence-corrected chi connectivity index (χ0v) is 11.6. The molecule has 3 heteroatoms. The third-order valence-corrected chi connectivity index (χ3v) is 3.69. The fourth-order valence-corrected chi connectivity index (χ4v) is 2.67. The van der Waals surface area contributed by atoms with Gasteiger partial charge in [0.1, 0.15) is 11.5 Å². The zero-order chi connectivity index (χ0) is 13.0. The van der Waals surface area contributed by atoms with Crippen LogP contribution in [0.15, 0.2) is 12.1 Å². The Morgan fingerprint density at radius 3 is 2.44 bits per heavy atom. The Bertz CT molecular complexity index is 398. The minimum absolute atomic E-state index is 0.594. The molecule has 0 spiro atoms. The van der Waals surface area contributed by atoms with Crippen molar-refractivity contribution in [3.63, 3.8) is 0 Å². The normalized spacial score (nSPS) is 18.9. The predicted molar refractivity (Wildman–Crippen MR) is 73.7 cm³/mol. The molecule has 3 nitrogen and oxygen atoms in total. The SMILES string of the molecule is CCc1cc(CC2CCCN2)c(OC)cc1OC. The van der Waals surface area contributed by atoms with Gasteiger partial charge in [0, 0.05) is 12.1 Å². The first-order valence-corrected chi connectivity index (χ1v) is 6.75. The van der Waals surface area contributed by atoms with Gasteiger partial charge in [-0.2, -0.15) is 0 Å². The molecule has 1 saturated heterocycles. The van der Waals surface area contributed by atoms with Crippen molar-refractivity contribution in [1.29, 1.82) is 0 Å². The fourth-order valence-electron chi connectivity index (χ4n) is 2.67. The van der Waals surface area contributed by atoms with Crippen LogP contribution in [0.25, 0.3) is 0 Å². The maximum absolute atomic E-state index is 5.49. The van der Waals surface area contributed by atoms with Crippen molar-refractivity contribution in [1.82, 2.24) is 5.32 Å². The Kier molecular flexibility index (Phi) is 4.48. The predicted octanol–water partition coefficient (Wildman–Crippen LogP) is 2.56. The Hall–Kier alpha value is -1.22. The third-order valence-electron chi connectivity index (χ3n) is 3.69. The van der Waals surface area contributed by atoms with E-state index < -0.39 is 0 Å². The molecule has 0 saturated carbocycles. The summed E-state index contributed by atoms with van der Waals surface area (Å²) in [5.41, 5.74) is 2.54. The van der Waals surface area contributed by atoms with Gasteiger partial charge in [0.2, 0.25) is 0 Å². The topological polar surface area (TPSA) is 30.5 Å². The first-order valence-electron chi connectivity index (χ1n) is 6.75. The summed E-state index contributed by atoms with van der Waals surface area (Å²) in [4.78, 5) is 0. The van der Waals surface area contributed by atoms with Crippen molar-refractivity contribution in [2.75, 3.05) is 20.8 Å². The van der Waals surface area contributed by atoms with Crippen LogP contribution >= 0.6 is 0 Å². The van der Waals surface area contributed by atoms with E-state index >= 15 is 0 Å². The third kappa shape index (κ3) is 2.78. The van der Waals surface area contributed by atoms with E-state index in [4.69, 9.17) is 9.47 Å². The van der Waals surface area contributed by atoms with Crippen LogP contribution in [-0.2, 0) is 12.8 Å². The molecule has 1 heterocycles. The second-order valence-electron chi connectivity index (χ2n) is 4.83. The van der Waals surface area contributed by atoms with E-state index in [0.717, 1.165) is 30.9 Å². The van der Waals surface area contributed by atoms with Crippen LogP contribution in [0, 0.1) is 0 Å². The fraction of sp³-hybridized carbons (Fsp3) is 0.600. The summed E-state index contributed by atoms with van der Waals surface area (Å²) in [6.45, 7) is 3.30. The van der Waals surface area contributed by atoms with Crippen LogP contribution < -0.4 is 14.8 Å². The van der Waals surface area contributed by atoms with E-state index in [2.05, 4.69) is 18.3 Å². The van der Waals surface area contributed by atoms with Crippen molar-refractivity contribution in [2.45, 2.75) is 38.6 Å². The molecule has 1 fully saturated rings. The zero-order valence-electron chi connectivity index (χ0n) is 11.6. The maximum Gasteiger partial charge on any atom is 0.125 e. The highest BCUT2D eigenvalue weighted by Crippen LogP contribution is 2.31. The molecule has 1 aliphatic rings. The highest BCUT2D eigenvalue weighted by molar-refractivity contribution is 5.47. The van der Waals surface area contributed by atoms with Crippen molar-refractivity contribution in [3.8, 4) is 11.5 Å². The number of benzene rings is 1. The van der Waals surface area contributed by atoms with Crippen molar-refractivity contribution in [3.05, 3.63) is 23.3 Å². The van der Waals surface area contributed by atoms with E-state index in [9.17, 15) is 0 Å². The lowest BCUT2D eigenvalue weighted by Gasteiger charge is -2.17. The van der Waals surface area contributed by atoms with Crippen molar-refractivity contribution < 1.29 is 9.47 Å². The molecular weight excluding hydrogens is 226 g/mol. The largest absolute Gasteiger partial charge is 0.496 e. The van der Waals surface area contributed by atoms with E-state index in [1.165, 1.54) is 24.0 Å². The number of hydrogen-bond donors (Lipinski definition) is 1. The van der Waals surface area contributed by atoms with Crippen LogP contribution in [0.2, 0.25) is 0 Å². The average Bonchev–Trinajstić information content (AvgIpc) is 2.91. The molecule has 1 aromatic rings. The van der Waals surface area contributed by atoms with Crippen LogP contribution in [0.1, 0.15) is 30.9 Å². The van der Waals surface area contributed by atoms with Gasteiger partial charge in [0.05, 0.1) is 14.2 Å². The molecule has 18 heavy (non-hydrogen) atoms. The number of methoxy groups -OCH3 is 2. The summed E-state index contributed by atoms with van der Waals surface area (Å²) in [5, 5.41) is 3.54. The molecule has 0 aromatic heterocycles. The van der Waals surface area contributed by atoms with Gasteiger partial charge < -0.3 is 14.8 Å². The second-order valence-corrected chi connectivity index (χ2v) is 4.83. The highest BCUT2D eigenvalue weighted by atomic mass is 16.5. The summed E-state index contributed by atoms with van der Waals surface area (Å²) in [7, 11) is 3.44. The molecule has 1 aromatic carbocycles. The summed E-state index contributed by atoms with van der Waals surface area (Å²) >= 11 is 0. The second kappa shape index (κ2) is 6.10. The molecule has 1 aliphatic heterocycles. The lowest BCUT2D eigenvalue weighted by atomic mass is 9.99. The molecule has 0 bridgehead atoms. The van der Waals surface area contributed by atoms with Crippen LogP contribution in [0.5, 0.6) is 11.5 Å².